The van der Waals surface area contributed by atoms with E-state index in [2.05, 4.69) is 15.7 Å². The molecule has 1 aliphatic carbocycles. The first kappa shape index (κ1) is 18.5. The molecule has 1 saturated carbocycles. The average Bonchev–Trinajstić information content (AvgIpc) is 3.41. The molecule has 3 rings (SSSR count). The Morgan fingerprint density at radius 1 is 1.15 bits per heavy atom. The van der Waals surface area contributed by atoms with Crippen LogP contribution in [-0.2, 0) is 11.3 Å². The quantitative estimate of drug-likeness (QED) is 0.731. The molecule has 0 spiro atoms. The van der Waals surface area contributed by atoms with Crippen LogP contribution in [0.3, 0.4) is 0 Å². The summed E-state index contributed by atoms with van der Waals surface area (Å²) >= 11 is 6.39. The van der Waals surface area contributed by atoms with Crippen molar-refractivity contribution in [2.45, 2.75) is 33.2 Å². The van der Waals surface area contributed by atoms with E-state index >= 15 is 0 Å². The molecule has 0 atom stereocenters. The summed E-state index contributed by atoms with van der Waals surface area (Å²) in [6, 6.07) is 8.10. The molecule has 0 saturated heterocycles. The van der Waals surface area contributed by atoms with E-state index in [9.17, 15) is 9.59 Å². The first-order valence-electron chi connectivity index (χ1n) is 8.80. The van der Waals surface area contributed by atoms with Gasteiger partial charge in [-0.05, 0) is 32.3 Å². The summed E-state index contributed by atoms with van der Waals surface area (Å²) in [5.41, 5.74) is 3.22. The van der Waals surface area contributed by atoms with Crippen LogP contribution < -0.4 is 10.6 Å². The Morgan fingerprint density at radius 3 is 2.46 bits per heavy atom. The normalized spacial score (nSPS) is 13.5. The third-order valence-corrected chi connectivity index (χ3v) is 4.79. The zero-order chi connectivity index (χ0) is 18.7. The highest BCUT2D eigenvalue weighted by Crippen LogP contribution is 2.28. The largest absolute Gasteiger partial charge is 0.354 e. The number of carbonyl (C=O) groups excluding carboxylic acids is 2. The Kier molecular flexibility index (Phi) is 5.61. The number of halogens is 1. The monoisotopic (exact) mass is 374 g/mol. The SMILES string of the molecule is Cc1ccc(Cn2nc(C)c(C(=O)NCCNC(=O)C3CC3)c2Cl)cc1. The van der Waals surface area contributed by atoms with Gasteiger partial charge in [-0.3, -0.25) is 9.59 Å². The lowest BCUT2D eigenvalue weighted by atomic mass is 10.1. The van der Waals surface area contributed by atoms with Gasteiger partial charge in [0.2, 0.25) is 5.91 Å². The van der Waals surface area contributed by atoms with E-state index in [4.69, 9.17) is 11.6 Å². The molecule has 2 aromatic rings. The minimum atomic E-state index is -0.275. The summed E-state index contributed by atoms with van der Waals surface area (Å²) in [6.45, 7) is 5.07. The van der Waals surface area contributed by atoms with Crippen molar-refractivity contribution >= 4 is 23.4 Å². The smallest absolute Gasteiger partial charge is 0.256 e. The number of rotatable bonds is 7. The van der Waals surface area contributed by atoms with Crippen LogP contribution in [-0.4, -0.2) is 34.7 Å². The summed E-state index contributed by atoms with van der Waals surface area (Å²) in [5.74, 6) is -0.0369. The van der Waals surface area contributed by atoms with E-state index in [1.165, 1.54) is 5.56 Å². The molecular weight excluding hydrogens is 352 g/mol. The van der Waals surface area contributed by atoms with Gasteiger partial charge in [0.15, 0.2) is 0 Å². The Morgan fingerprint density at radius 2 is 1.81 bits per heavy atom. The van der Waals surface area contributed by atoms with Crippen molar-refractivity contribution in [2.75, 3.05) is 13.1 Å². The molecule has 0 bridgehead atoms. The highest BCUT2D eigenvalue weighted by Gasteiger charge is 2.29. The predicted molar refractivity (Wildman–Crippen MR) is 100 cm³/mol. The van der Waals surface area contributed by atoms with Gasteiger partial charge < -0.3 is 10.6 Å². The third-order valence-electron chi connectivity index (χ3n) is 4.40. The fourth-order valence-electron chi connectivity index (χ4n) is 2.72. The van der Waals surface area contributed by atoms with Crippen LogP contribution in [0.1, 0.15) is 40.0 Å². The van der Waals surface area contributed by atoms with Crippen LogP contribution in [0.4, 0.5) is 0 Å². The Hall–Kier alpha value is -2.34. The molecule has 0 aliphatic heterocycles. The molecule has 1 fully saturated rings. The number of aromatic nitrogens is 2. The summed E-state index contributed by atoms with van der Waals surface area (Å²) in [6.07, 6.45) is 1.93. The van der Waals surface area contributed by atoms with Crippen LogP contribution in [0.15, 0.2) is 24.3 Å². The first-order chi connectivity index (χ1) is 12.5. The molecule has 1 aromatic carbocycles. The van der Waals surface area contributed by atoms with E-state index in [-0.39, 0.29) is 17.7 Å². The van der Waals surface area contributed by atoms with E-state index in [1.54, 1.807) is 11.6 Å². The van der Waals surface area contributed by atoms with Gasteiger partial charge in [0.05, 0.1) is 17.8 Å². The van der Waals surface area contributed by atoms with Crippen LogP contribution >= 0.6 is 11.6 Å². The molecule has 1 aliphatic rings. The second-order valence-corrected chi connectivity index (χ2v) is 7.07. The average molecular weight is 375 g/mol. The Bertz CT molecular complexity index is 810. The zero-order valence-corrected chi connectivity index (χ0v) is 15.8. The standard InChI is InChI=1S/C19H23ClN4O2/c1-12-3-5-14(6-4-12)11-24-17(20)16(13(2)23-24)19(26)22-10-9-21-18(25)15-7-8-15/h3-6,15H,7-11H2,1-2H3,(H,21,25)(H,22,26). The molecule has 0 radical (unpaired) electrons. The maximum absolute atomic E-state index is 12.4. The molecule has 6 nitrogen and oxygen atoms in total. The molecular formula is C19H23ClN4O2. The van der Waals surface area contributed by atoms with Crippen molar-refractivity contribution in [3.8, 4) is 0 Å². The van der Waals surface area contributed by atoms with E-state index in [0.717, 1.165) is 18.4 Å². The van der Waals surface area contributed by atoms with E-state index < -0.39 is 0 Å². The molecule has 1 heterocycles. The molecule has 2 amide bonds. The van der Waals surface area contributed by atoms with Crippen molar-refractivity contribution in [3.63, 3.8) is 0 Å². The summed E-state index contributed by atoms with van der Waals surface area (Å²) in [7, 11) is 0. The number of nitrogens with one attached hydrogen (secondary N) is 2. The molecule has 7 heteroatoms. The number of hydrogen-bond acceptors (Lipinski definition) is 3. The van der Waals surface area contributed by atoms with Gasteiger partial charge >= 0.3 is 0 Å². The minimum absolute atomic E-state index is 0.0689. The number of amides is 2. The number of benzene rings is 1. The van der Waals surface area contributed by atoms with Crippen molar-refractivity contribution in [1.29, 1.82) is 0 Å². The molecule has 138 valence electrons. The number of aryl methyl sites for hydroxylation is 2. The number of hydrogen-bond donors (Lipinski definition) is 2. The second kappa shape index (κ2) is 7.91. The van der Waals surface area contributed by atoms with Gasteiger partial charge in [0.25, 0.3) is 5.91 Å². The lowest BCUT2D eigenvalue weighted by molar-refractivity contribution is -0.122. The number of nitrogens with zero attached hydrogens (tertiary/aromatic N) is 2. The molecule has 26 heavy (non-hydrogen) atoms. The highest BCUT2D eigenvalue weighted by atomic mass is 35.5. The molecule has 0 unspecified atom stereocenters. The minimum Gasteiger partial charge on any atom is -0.354 e. The van der Waals surface area contributed by atoms with Gasteiger partial charge in [0, 0.05) is 19.0 Å². The highest BCUT2D eigenvalue weighted by molar-refractivity contribution is 6.33. The van der Waals surface area contributed by atoms with Crippen LogP contribution in [0.2, 0.25) is 5.15 Å². The maximum Gasteiger partial charge on any atom is 0.256 e. The van der Waals surface area contributed by atoms with E-state index in [0.29, 0.717) is 36.0 Å². The first-order valence-corrected chi connectivity index (χ1v) is 9.18. The molecule has 2 N–H and O–H groups in total. The molecule has 1 aromatic heterocycles. The Labute approximate surface area is 157 Å². The van der Waals surface area contributed by atoms with Crippen LogP contribution in [0, 0.1) is 19.8 Å². The van der Waals surface area contributed by atoms with Gasteiger partial charge in [-0.15, -0.1) is 0 Å². The third kappa shape index (κ3) is 4.43. The topological polar surface area (TPSA) is 76.0 Å². The van der Waals surface area contributed by atoms with Gasteiger partial charge in [0.1, 0.15) is 5.15 Å². The summed E-state index contributed by atoms with van der Waals surface area (Å²) < 4.78 is 1.63. The predicted octanol–water partition coefficient (Wildman–Crippen LogP) is 2.46. The van der Waals surface area contributed by atoms with Crippen LogP contribution in [0.5, 0.6) is 0 Å². The van der Waals surface area contributed by atoms with Crippen LogP contribution in [0.25, 0.3) is 0 Å². The van der Waals surface area contributed by atoms with Gasteiger partial charge in [-0.25, -0.2) is 4.68 Å². The van der Waals surface area contributed by atoms with Crippen molar-refractivity contribution in [3.05, 3.63) is 51.8 Å². The fourth-order valence-corrected chi connectivity index (χ4v) is 3.04. The maximum atomic E-state index is 12.4. The lowest BCUT2D eigenvalue weighted by Crippen LogP contribution is -2.35. The Balaban J connectivity index is 1.58. The van der Waals surface area contributed by atoms with Crippen molar-refractivity contribution in [2.24, 2.45) is 5.92 Å². The fraction of sp³-hybridized carbons (Fsp3) is 0.421. The second-order valence-electron chi connectivity index (χ2n) is 6.72. The zero-order valence-electron chi connectivity index (χ0n) is 15.0. The van der Waals surface area contributed by atoms with Gasteiger partial charge in [-0.2, -0.15) is 5.10 Å². The summed E-state index contributed by atoms with van der Waals surface area (Å²) in [5, 5.41) is 10.3. The summed E-state index contributed by atoms with van der Waals surface area (Å²) in [4.78, 5) is 24.0. The van der Waals surface area contributed by atoms with Crippen molar-refractivity contribution < 1.29 is 9.59 Å². The van der Waals surface area contributed by atoms with Gasteiger partial charge in [-0.1, -0.05) is 41.4 Å². The lowest BCUT2D eigenvalue weighted by Gasteiger charge is -2.07. The van der Waals surface area contributed by atoms with Crippen molar-refractivity contribution in [1.82, 2.24) is 20.4 Å². The number of carbonyl (C=O) groups is 2. The van der Waals surface area contributed by atoms with E-state index in [1.807, 2.05) is 31.2 Å².